The molecule has 1 aromatic carbocycles. The van der Waals surface area contributed by atoms with Crippen molar-refractivity contribution < 1.29 is 23.1 Å². The first-order valence-corrected chi connectivity index (χ1v) is 8.88. The van der Waals surface area contributed by atoms with Crippen LogP contribution < -0.4 is 10.0 Å². The summed E-state index contributed by atoms with van der Waals surface area (Å²) in [5.41, 5.74) is 0.178. The lowest BCUT2D eigenvalue weighted by Gasteiger charge is -2.10. The molecule has 7 nitrogen and oxygen atoms in total. The molecule has 2 rings (SSSR count). The van der Waals surface area contributed by atoms with E-state index in [9.17, 15) is 18.0 Å². The fourth-order valence-electron chi connectivity index (χ4n) is 1.87. The maximum absolute atomic E-state index is 12.2. The summed E-state index contributed by atoms with van der Waals surface area (Å²) in [6.07, 6.45) is 2.07. The first-order valence-electron chi connectivity index (χ1n) is 7.40. The Morgan fingerprint density at radius 1 is 1.35 bits per heavy atom. The molecule has 0 aliphatic heterocycles. The monoisotopic (exact) mass is 340 g/mol. The number of hydrogen-bond donors (Lipinski definition) is 3. The Hall–Kier alpha value is -1.93. The van der Waals surface area contributed by atoms with Gasteiger partial charge in [0.25, 0.3) is 5.91 Å². The predicted molar refractivity (Wildman–Crippen MR) is 83.5 cm³/mol. The Kier molecular flexibility index (Phi) is 5.38. The first kappa shape index (κ1) is 17.4. The van der Waals surface area contributed by atoms with E-state index in [1.54, 1.807) is 0 Å². The van der Waals surface area contributed by atoms with E-state index in [2.05, 4.69) is 10.0 Å². The number of nitrogens with one attached hydrogen (secondary N) is 2. The fourth-order valence-corrected chi connectivity index (χ4v) is 3.03. The van der Waals surface area contributed by atoms with E-state index in [1.165, 1.54) is 31.2 Å². The number of aliphatic carboxylic acids is 1. The standard InChI is InChI=1S/C15H20N2O5S/c1-10(15(19)20)8-16-14(18)12-3-2-4-13(7-12)23(21,22)17-9-11-5-6-11/h2-4,7,10-11,17H,5-6,8-9H2,1H3,(H,16,18)(H,19,20). The average molecular weight is 340 g/mol. The van der Waals surface area contributed by atoms with Gasteiger partial charge in [-0.1, -0.05) is 13.0 Å². The molecule has 23 heavy (non-hydrogen) atoms. The summed E-state index contributed by atoms with van der Waals surface area (Å²) in [5.74, 6) is -1.82. The van der Waals surface area contributed by atoms with Crippen LogP contribution in [0.3, 0.4) is 0 Å². The lowest BCUT2D eigenvalue weighted by Crippen LogP contribution is -2.31. The summed E-state index contributed by atoms with van der Waals surface area (Å²) in [5, 5.41) is 11.3. The highest BCUT2D eigenvalue weighted by Gasteiger charge is 2.24. The maximum atomic E-state index is 12.2. The minimum absolute atomic E-state index is 0.0227. The molecule has 0 saturated heterocycles. The summed E-state index contributed by atoms with van der Waals surface area (Å²) in [4.78, 5) is 22.8. The van der Waals surface area contributed by atoms with Crippen molar-refractivity contribution in [2.24, 2.45) is 11.8 Å². The number of carbonyl (C=O) groups is 2. The highest BCUT2D eigenvalue weighted by atomic mass is 32.2. The molecule has 1 fully saturated rings. The van der Waals surface area contributed by atoms with Crippen LogP contribution in [0.4, 0.5) is 0 Å². The van der Waals surface area contributed by atoms with Gasteiger partial charge in [0.05, 0.1) is 10.8 Å². The van der Waals surface area contributed by atoms with E-state index >= 15 is 0 Å². The van der Waals surface area contributed by atoms with Gasteiger partial charge in [-0.2, -0.15) is 0 Å². The van der Waals surface area contributed by atoms with Crippen molar-refractivity contribution >= 4 is 21.9 Å². The molecule has 1 amide bonds. The molecule has 0 radical (unpaired) electrons. The smallest absolute Gasteiger partial charge is 0.308 e. The second kappa shape index (κ2) is 7.10. The molecule has 1 aromatic rings. The Bertz CT molecular complexity index is 698. The van der Waals surface area contributed by atoms with Gasteiger partial charge in [-0.05, 0) is 37.0 Å². The molecule has 126 valence electrons. The Labute approximate surface area is 135 Å². The summed E-state index contributed by atoms with van der Waals surface area (Å²) in [6.45, 7) is 1.87. The number of sulfonamides is 1. The molecule has 1 saturated carbocycles. The minimum Gasteiger partial charge on any atom is -0.481 e. The van der Waals surface area contributed by atoms with Crippen LogP contribution in [0, 0.1) is 11.8 Å². The molecule has 1 atom stereocenters. The first-order chi connectivity index (χ1) is 10.8. The summed E-state index contributed by atoms with van der Waals surface area (Å²) < 4.78 is 26.9. The lowest BCUT2D eigenvalue weighted by molar-refractivity contribution is -0.140. The molecular formula is C15H20N2O5S. The highest BCUT2D eigenvalue weighted by molar-refractivity contribution is 7.89. The third-order valence-corrected chi connectivity index (χ3v) is 5.08. The molecule has 1 aliphatic carbocycles. The largest absolute Gasteiger partial charge is 0.481 e. The van der Waals surface area contributed by atoms with Crippen molar-refractivity contribution in [3.8, 4) is 0 Å². The zero-order chi connectivity index (χ0) is 17.0. The second-order valence-corrected chi connectivity index (χ2v) is 7.54. The summed E-state index contributed by atoms with van der Waals surface area (Å²) >= 11 is 0. The van der Waals surface area contributed by atoms with Crippen LogP contribution in [0.25, 0.3) is 0 Å². The van der Waals surface area contributed by atoms with Gasteiger partial charge in [-0.3, -0.25) is 9.59 Å². The van der Waals surface area contributed by atoms with Crippen LogP contribution in [0.1, 0.15) is 30.1 Å². The SMILES string of the molecule is CC(CNC(=O)c1cccc(S(=O)(=O)NCC2CC2)c1)C(=O)O. The molecule has 0 heterocycles. The molecule has 3 N–H and O–H groups in total. The van der Waals surface area contributed by atoms with Crippen molar-refractivity contribution in [3.63, 3.8) is 0 Å². The quantitative estimate of drug-likeness (QED) is 0.649. The minimum atomic E-state index is -3.64. The molecule has 0 aromatic heterocycles. The van der Waals surface area contributed by atoms with Crippen molar-refractivity contribution in [1.82, 2.24) is 10.0 Å². The van der Waals surface area contributed by atoms with E-state index in [0.29, 0.717) is 12.5 Å². The lowest BCUT2D eigenvalue weighted by atomic mass is 10.1. The zero-order valence-electron chi connectivity index (χ0n) is 12.8. The van der Waals surface area contributed by atoms with Crippen LogP contribution in [0.15, 0.2) is 29.2 Å². The van der Waals surface area contributed by atoms with Crippen molar-refractivity contribution in [3.05, 3.63) is 29.8 Å². The van der Waals surface area contributed by atoms with Gasteiger partial charge in [0, 0.05) is 18.7 Å². The van der Waals surface area contributed by atoms with Gasteiger partial charge >= 0.3 is 5.97 Å². The van der Waals surface area contributed by atoms with Gasteiger partial charge in [0.2, 0.25) is 10.0 Å². The number of rotatable bonds is 8. The van der Waals surface area contributed by atoms with Crippen LogP contribution in [0.5, 0.6) is 0 Å². The molecule has 0 spiro atoms. The van der Waals surface area contributed by atoms with Crippen molar-refractivity contribution in [2.45, 2.75) is 24.7 Å². The van der Waals surface area contributed by atoms with Crippen molar-refractivity contribution in [2.75, 3.05) is 13.1 Å². The number of benzene rings is 1. The van der Waals surface area contributed by atoms with E-state index in [4.69, 9.17) is 5.11 Å². The molecule has 1 unspecified atom stereocenters. The van der Waals surface area contributed by atoms with Gasteiger partial charge in [-0.15, -0.1) is 0 Å². The Morgan fingerprint density at radius 3 is 2.65 bits per heavy atom. The van der Waals surface area contributed by atoms with Gasteiger partial charge in [-0.25, -0.2) is 13.1 Å². The normalized spacial score (nSPS) is 15.9. The average Bonchev–Trinajstić information content (AvgIpc) is 3.34. The third kappa shape index (κ3) is 5.04. The van der Waals surface area contributed by atoms with Crippen molar-refractivity contribution in [1.29, 1.82) is 0 Å². The van der Waals surface area contributed by atoms with Crippen LogP contribution in [0.2, 0.25) is 0 Å². The highest BCUT2D eigenvalue weighted by Crippen LogP contribution is 2.28. The molecular weight excluding hydrogens is 320 g/mol. The van der Waals surface area contributed by atoms with E-state index in [1.807, 2.05) is 0 Å². The molecule has 1 aliphatic rings. The molecule has 8 heteroatoms. The molecule has 0 bridgehead atoms. The van der Waals surface area contributed by atoms with E-state index in [-0.39, 0.29) is 17.0 Å². The number of carbonyl (C=O) groups excluding carboxylic acids is 1. The topological polar surface area (TPSA) is 113 Å². The maximum Gasteiger partial charge on any atom is 0.308 e. The van der Waals surface area contributed by atoms with Crippen LogP contribution >= 0.6 is 0 Å². The van der Waals surface area contributed by atoms with Crippen LogP contribution in [-0.4, -0.2) is 38.5 Å². The van der Waals surface area contributed by atoms with Gasteiger partial charge < -0.3 is 10.4 Å². The van der Waals surface area contributed by atoms with E-state index < -0.39 is 27.8 Å². The zero-order valence-corrected chi connectivity index (χ0v) is 13.6. The van der Waals surface area contributed by atoms with Gasteiger partial charge in [0.15, 0.2) is 0 Å². The number of hydrogen-bond acceptors (Lipinski definition) is 4. The summed E-state index contributed by atoms with van der Waals surface area (Å²) in [7, 11) is -3.64. The predicted octanol–water partition coefficient (Wildman–Crippen LogP) is 0.825. The third-order valence-electron chi connectivity index (χ3n) is 3.66. The number of amides is 1. The van der Waals surface area contributed by atoms with Crippen LogP contribution in [-0.2, 0) is 14.8 Å². The number of carboxylic acids is 1. The Morgan fingerprint density at radius 2 is 2.04 bits per heavy atom. The fraction of sp³-hybridized carbons (Fsp3) is 0.467. The summed E-state index contributed by atoms with van der Waals surface area (Å²) in [6, 6.07) is 5.68. The Balaban J connectivity index is 2.03. The van der Waals surface area contributed by atoms with Gasteiger partial charge in [0.1, 0.15) is 0 Å². The van der Waals surface area contributed by atoms with E-state index in [0.717, 1.165) is 12.8 Å². The second-order valence-electron chi connectivity index (χ2n) is 5.77. The number of carboxylic acid groups (broad SMARTS) is 1.